The summed E-state index contributed by atoms with van der Waals surface area (Å²) in [6.45, 7) is 6.88. The fourth-order valence-electron chi connectivity index (χ4n) is 2.15. The monoisotopic (exact) mass is 199 g/mol. The smallest absolute Gasteiger partial charge is 0.0571 e. The maximum atomic E-state index is 5.36. The summed E-state index contributed by atoms with van der Waals surface area (Å²) in [5.41, 5.74) is 0. The summed E-state index contributed by atoms with van der Waals surface area (Å²) in [7, 11) is 1.84. The van der Waals surface area contributed by atoms with Crippen LogP contribution in [-0.4, -0.2) is 26.3 Å². The number of hydrogen-bond acceptors (Lipinski definition) is 2. The quantitative estimate of drug-likeness (QED) is 0.734. The average molecular weight is 199 g/mol. The lowest BCUT2D eigenvalue weighted by atomic mass is 9.87. The third kappa shape index (κ3) is 4.43. The third-order valence-electron chi connectivity index (χ3n) is 3.11. The van der Waals surface area contributed by atoms with Gasteiger partial charge in [-0.2, -0.15) is 0 Å². The van der Waals surface area contributed by atoms with Gasteiger partial charge in [0.05, 0.1) is 6.10 Å². The van der Waals surface area contributed by atoms with Gasteiger partial charge in [0.2, 0.25) is 0 Å². The lowest BCUT2D eigenvalue weighted by molar-refractivity contribution is 0.0567. The van der Waals surface area contributed by atoms with Crippen LogP contribution in [0.1, 0.15) is 39.5 Å². The van der Waals surface area contributed by atoms with Crippen molar-refractivity contribution in [1.82, 2.24) is 5.32 Å². The maximum absolute atomic E-state index is 5.36. The number of nitrogens with one attached hydrogen (secondary N) is 1. The maximum Gasteiger partial charge on any atom is 0.0571 e. The van der Waals surface area contributed by atoms with Gasteiger partial charge in [0, 0.05) is 7.11 Å². The molecule has 0 aromatic carbocycles. The normalized spacial score (nSPS) is 28.3. The first-order valence-electron chi connectivity index (χ1n) is 5.96. The van der Waals surface area contributed by atoms with E-state index in [2.05, 4.69) is 19.2 Å². The molecular weight excluding hydrogens is 174 g/mol. The second kappa shape index (κ2) is 6.41. The zero-order valence-corrected chi connectivity index (χ0v) is 9.88. The van der Waals surface area contributed by atoms with Gasteiger partial charge in [0.15, 0.2) is 0 Å². The van der Waals surface area contributed by atoms with Crippen molar-refractivity contribution in [3.05, 3.63) is 0 Å². The van der Waals surface area contributed by atoms with E-state index < -0.39 is 0 Å². The minimum atomic E-state index is 0.538. The summed E-state index contributed by atoms with van der Waals surface area (Å²) in [6, 6.07) is 0. The number of ether oxygens (including phenoxy) is 1. The van der Waals surface area contributed by atoms with Crippen LogP contribution in [0.3, 0.4) is 0 Å². The molecule has 0 amide bonds. The Balaban J connectivity index is 2.04. The topological polar surface area (TPSA) is 21.3 Å². The summed E-state index contributed by atoms with van der Waals surface area (Å²) in [5, 5.41) is 3.55. The summed E-state index contributed by atoms with van der Waals surface area (Å²) in [5.74, 6) is 1.66. The van der Waals surface area contributed by atoms with Crippen LogP contribution in [0, 0.1) is 11.8 Å². The van der Waals surface area contributed by atoms with Gasteiger partial charge >= 0.3 is 0 Å². The molecular formula is C12H25NO. The first kappa shape index (κ1) is 12.0. The fraction of sp³-hybridized carbons (Fsp3) is 1.00. The highest BCUT2D eigenvalue weighted by Gasteiger charge is 2.20. The Morgan fingerprint density at radius 3 is 2.36 bits per heavy atom. The highest BCUT2D eigenvalue weighted by Crippen LogP contribution is 2.25. The summed E-state index contributed by atoms with van der Waals surface area (Å²) in [6.07, 6.45) is 5.72. The minimum Gasteiger partial charge on any atom is -0.381 e. The van der Waals surface area contributed by atoms with Gasteiger partial charge < -0.3 is 10.1 Å². The van der Waals surface area contributed by atoms with Crippen molar-refractivity contribution in [2.75, 3.05) is 20.2 Å². The Morgan fingerprint density at radius 1 is 1.21 bits per heavy atom. The second-order valence-electron chi connectivity index (χ2n) is 4.93. The van der Waals surface area contributed by atoms with E-state index in [1.54, 1.807) is 0 Å². The van der Waals surface area contributed by atoms with E-state index in [4.69, 9.17) is 4.74 Å². The highest BCUT2D eigenvalue weighted by molar-refractivity contribution is 4.74. The number of methoxy groups -OCH3 is 1. The SMILES string of the molecule is COC1CCC(CNCC(C)C)CC1. The molecule has 84 valence electrons. The van der Waals surface area contributed by atoms with Crippen LogP contribution >= 0.6 is 0 Å². The first-order valence-corrected chi connectivity index (χ1v) is 5.96. The zero-order chi connectivity index (χ0) is 10.4. The molecule has 1 N–H and O–H groups in total. The van der Waals surface area contributed by atoms with Gasteiger partial charge in [0.25, 0.3) is 0 Å². The average Bonchev–Trinajstić information content (AvgIpc) is 2.18. The minimum absolute atomic E-state index is 0.538. The molecule has 0 saturated heterocycles. The molecule has 0 heterocycles. The van der Waals surface area contributed by atoms with Gasteiger partial charge in [0.1, 0.15) is 0 Å². The predicted octanol–water partition coefficient (Wildman–Crippen LogP) is 2.44. The Labute approximate surface area is 88.4 Å². The molecule has 0 bridgehead atoms. The Bertz CT molecular complexity index is 139. The molecule has 1 aliphatic carbocycles. The molecule has 1 fully saturated rings. The van der Waals surface area contributed by atoms with Crippen molar-refractivity contribution in [3.63, 3.8) is 0 Å². The van der Waals surface area contributed by atoms with E-state index in [1.807, 2.05) is 7.11 Å². The Morgan fingerprint density at radius 2 is 1.86 bits per heavy atom. The molecule has 0 unspecified atom stereocenters. The van der Waals surface area contributed by atoms with Gasteiger partial charge in [-0.1, -0.05) is 13.8 Å². The van der Waals surface area contributed by atoms with E-state index in [9.17, 15) is 0 Å². The van der Waals surface area contributed by atoms with Gasteiger partial charge in [-0.25, -0.2) is 0 Å². The largest absolute Gasteiger partial charge is 0.381 e. The van der Waals surface area contributed by atoms with E-state index in [0.717, 1.165) is 18.4 Å². The van der Waals surface area contributed by atoms with E-state index in [1.165, 1.54) is 32.2 Å². The Kier molecular flexibility index (Phi) is 5.49. The predicted molar refractivity (Wildman–Crippen MR) is 60.5 cm³/mol. The molecule has 14 heavy (non-hydrogen) atoms. The van der Waals surface area contributed by atoms with Crippen LogP contribution in [0.4, 0.5) is 0 Å². The summed E-state index contributed by atoms with van der Waals surface area (Å²) >= 11 is 0. The molecule has 0 radical (unpaired) electrons. The molecule has 0 aromatic rings. The van der Waals surface area contributed by atoms with Crippen molar-refractivity contribution in [2.24, 2.45) is 11.8 Å². The van der Waals surface area contributed by atoms with Gasteiger partial charge in [-0.05, 0) is 50.6 Å². The third-order valence-corrected chi connectivity index (χ3v) is 3.11. The first-order chi connectivity index (χ1) is 6.72. The lowest BCUT2D eigenvalue weighted by Crippen LogP contribution is -2.30. The molecule has 1 aliphatic rings. The van der Waals surface area contributed by atoms with Crippen molar-refractivity contribution in [2.45, 2.75) is 45.6 Å². The van der Waals surface area contributed by atoms with E-state index in [0.29, 0.717) is 6.10 Å². The van der Waals surface area contributed by atoms with Gasteiger partial charge in [-0.15, -0.1) is 0 Å². The van der Waals surface area contributed by atoms with Crippen molar-refractivity contribution >= 4 is 0 Å². The molecule has 1 rings (SSSR count). The van der Waals surface area contributed by atoms with E-state index in [-0.39, 0.29) is 0 Å². The number of hydrogen-bond donors (Lipinski definition) is 1. The van der Waals surface area contributed by atoms with Crippen molar-refractivity contribution in [1.29, 1.82) is 0 Å². The standard InChI is InChI=1S/C12H25NO/c1-10(2)8-13-9-11-4-6-12(14-3)7-5-11/h10-13H,4-9H2,1-3H3. The van der Waals surface area contributed by atoms with Crippen LogP contribution in [-0.2, 0) is 4.74 Å². The fourth-order valence-corrected chi connectivity index (χ4v) is 2.15. The molecule has 0 spiro atoms. The van der Waals surface area contributed by atoms with Crippen LogP contribution < -0.4 is 5.32 Å². The summed E-state index contributed by atoms with van der Waals surface area (Å²) < 4.78 is 5.36. The molecule has 2 nitrogen and oxygen atoms in total. The number of rotatable bonds is 5. The highest BCUT2D eigenvalue weighted by atomic mass is 16.5. The lowest BCUT2D eigenvalue weighted by Gasteiger charge is -2.27. The molecule has 0 aromatic heterocycles. The molecule has 0 atom stereocenters. The van der Waals surface area contributed by atoms with Crippen molar-refractivity contribution in [3.8, 4) is 0 Å². The van der Waals surface area contributed by atoms with Crippen LogP contribution in [0.2, 0.25) is 0 Å². The summed E-state index contributed by atoms with van der Waals surface area (Å²) in [4.78, 5) is 0. The van der Waals surface area contributed by atoms with Gasteiger partial charge in [-0.3, -0.25) is 0 Å². The molecule has 1 saturated carbocycles. The second-order valence-corrected chi connectivity index (χ2v) is 4.93. The Hall–Kier alpha value is -0.0800. The molecule has 0 aliphatic heterocycles. The zero-order valence-electron chi connectivity index (χ0n) is 9.88. The van der Waals surface area contributed by atoms with Crippen LogP contribution in [0.5, 0.6) is 0 Å². The van der Waals surface area contributed by atoms with E-state index >= 15 is 0 Å². The van der Waals surface area contributed by atoms with Crippen LogP contribution in [0.15, 0.2) is 0 Å². The molecule has 2 heteroatoms. The van der Waals surface area contributed by atoms with Crippen molar-refractivity contribution < 1.29 is 4.74 Å². The van der Waals surface area contributed by atoms with Crippen LogP contribution in [0.25, 0.3) is 0 Å².